The van der Waals surface area contributed by atoms with E-state index >= 15 is 0 Å². The average Bonchev–Trinajstić information content (AvgIpc) is 3.39. The second kappa shape index (κ2) is 8.18. The Balaban J connectivity index is 0.00000231. The van der Waals surface area contributed by atoms with Crippen LogP contribution in [0.15, 0.2) is 24.3 Å². The lowest BCUT2D eigenvalue weighted by Gasteiger charge is -2.47. The smallest absolute Gasteiger partial charge is 0.317 e. The molecule has 1 saturated heterocycles. The van der Waals surface area contributed by atoms with Gasteiger partial charge in [0, 0.05) is 15.5 Å². The molecule has 1 aromatic carbocycles. The van der Waals surface area contributed by atoms with E-state index < -0.39 is 0 Å². The van der Waals surface area contributed by atoms with E-state index in [1.54, 1.807) is 4.90 Å². The molecule has 4 heteroatoms. The molecule has 1 aliphatic heterocycles. The molecule has 3 aliphatic carbocycles. The minimum absolute atomic E-state index is 0. The molecule has 166 valence electrons. The van der Waals surface area contributed by atoms with Gasteiger partial charge in [0.05, 0.1) is 6.04 Å². The molecule has 4 aliphatic rings. The van der Waals surface area contributed by atoms with Crippen molar-refractivity contribution in [2.24, 2.45) is 17.8 Å². The monoisotopic (exact) mass is 411 g/mol. The molecule has 3 fully saturated rings. The van der Waals surface area contributed by atoms with Crippen molar-refractivity contribution >= 4 is 6.03 Å². The zero-order chi connectivity index (χ0) is 20.7. The van der Waals surface area contributed by atoms with Gasteiger partial charge in [0.25, 0.3) is 0 Å². The summed E-state index contributed by atoms with van der Waals surface area (Å²) in [6.45, 7) is 3.79. The molecule has 1 aromatic rings. The third kappa shape index (κ3) is 3.77. The minimum atomic E-state index is 0. The lowest BCUT2D eigenvalue weighted by molar-refractivity contribution is 0.127. The minimum Gasteiger partial charge on any atom is -0.331 e. The van der Waals surface area contributed by atoms with Crippen LogP contribution in [0.5, 0.6) is 0 Å². The molecule has 4 nitrogen and oxygen atoms in total. The van der Waals surface area contributed by atoms with E-state index in [9.17, 15) is 4.79 Å². The number of rotatable bonds is 4. The molecule has 1 heterocycles. The third-order valence-electron chi connectivity index (χ3n) is 9.04. The van der Waals surface area contributed by atoms with Crippen molar-refractivity contribution in [2.45, 2.75) is 69.2 Å². The zero-order valence-electron chi connectivity index (χ0n) is 18.9. The van der Waals surface area contributed by atoms with E-state index in [-0.39, 0.29) is 13.5 Å². The number of benzene rings is 1. The summed E-state index contributed by atoms with van der Waals surface area (Å²) in [6, 6.07) is 9.08. The lowest BCUT2D eigenvalue weighted by Crippen LogP contribution is -2.47. The van der Waals surface area contributed by atoms with Crippen molar-refractivity contribution < 1.29 is 6.22 Å². The highest BCUT2D eigenvalue weighted by atomic mass is 16.2. The van der Waals surface area contributed by atoms with Gasteiger partial charge < -0.3 is 15.1 Å². The van der Waals surface area contributed by atoms with Gasteiger partial charge in [-0.15, -0.1) is 0 Å². The van der Waals surface area contributed by atoms with Crippen molar-refractivity contribution in [3.05, 3.63) is 35.4 Å². The summed E-state index contributed by atoms with van der Waals surface area (Å²) in [5.41, 5.74) is 3.18. The van der Waals surface area contributed by atoms with Crippen molar-refractivity contribution in [1.82, 2.24) is 15.1 Å². The number of carbonyl (C=O) groups excluding carboxylic acids is 1. The van der Waals surface area contributed by atoms with E-state index in [4.69, 9.17) is 0 Å². The van der Waals surface area contributed by atoms with E-state index in [1.807, 2.05) is 14.1 Å². The Labute approximate surface area is 183 Å². The van der Waals surface area contributed by atoms with Gasteiger partial charge in [0.2, 0.25) is 0 Å². The van der Waals surface area contributed by atoms with E-state index in [2.05, 4.69) is 34.5 Å². The summed E-state index contributed by atoms with van der Waals surface area (Å²) in [5.74, 6) is 3.16. The van der Waals surface area contributed by atoms with Gasteiger partial charge >= 0.3 is 6.03 Å². The zero-order valence-corrected chi connectivity index (χ0v) is 18.9. The number of nitrogens with zero attached hydrogens (tertiary/aromatic N) is 2. The van der Waals surface area contributed by atoms with E-state index in [1.165, 1.54) is 82.1 Å². The van der Waals surface area contributed by atoms with Crippen LogP contribution in [0.1, 0.15) is 76.4 Å². The fraction of sp³-hybridized carbons (Fsp3) is 0.731. The molecule has 30 heavy (non-hydrogen) atoms. The topological polar surface area (TPSA) is 35.6 Å². The third-order valence-corrected chi connectivity index (χ3v) is 9.04. The van der Waals surface area contributed by atoms with Crippen molar-refractivity contribution in [3.8, 4) is 0 Å². The SMILES string of the molecule is CN(C)C(=O)NC1CCC2(CCN(CCC3CC4CCC3C4)CC2)c2ccccc21.[HH]. The maximum Gasteiger partial charge on any atom is 0.317 e. The number of hydrogen-bond acceptors (Lipinski definition) is 2. The number of carbonyl (C=O) groups is 1. The quantitative estimate of drug-likeness (QED) is 0.739. The molecule has 2 saturated carbocycles. The van der Waals surface area contributed by atoms with Crippen LogP contribution in [-0.4, -0.2) is 49.6 Å². The highest BCUT2D eigenvalue weighted by Crippen LogP contribution is 2.50. The molecule has 0 aromatic heterocycles. The highest BCUT2D eigenvalue weighted by Gasteiger charge is 2.43. The normalized spacial score (nSPS) is 32.2. The lowest BCUT2D eigenvalue weighted by atomic mass is 9.63. The first-order chi connectivity index (χ1) is 14.5. The van der Waals surface area contributed by atoms with Crippen LogP contribution < -0.4 is 5.32 Å². The van der Waals surface area contributed by atoms with Crippen LogP contribution in [0.3, 0.4) is 0 Å². The Morgan fingerprint density at radius 2 is 1.93 bits per heavy atom. The van der Waals surface area contributed by atoms with Crippen molar-refractivity contribution in [3.63, 3.8) is 0 Å². The van der Waals surface area contributed by atoms with Crippen LogP contribution in [-0.2, 0) is 5.41 Å². The molecule has 4 atom stereocenters. The van der Waals surface area contributed by atoms with Crippen molar-refractivity contribution in [1.29, 1.82) is 0 Å². The van der Waals surface area contributed by atoms with Gasteiger partial charge in [-0.25, -0.2) is 4.79 Å². The van der Waals surface area contributed by atoms with Crippen LogP contribution in [0.25, 0.3) is 0 Å². The largest absolute Gasteiger partial charge is 0.331 e. The van der Waals surface area contributed by atoms with Gasteiger partial charge in [0.15, 0.2) is 0 Å². The van der Waals surface area contributed by atoms with Crippen LogP contribution in [0, 0.1) is 17.8 Å². The van der Waals surface area contributed by atoms with Crippen molar-refractivity contribution in [2.75, 3.05) is 33.7 Å². The summed E-state index contributed by atoms with van der Waals surface area (Å²) in [5, 5.41) is 3.25. The summed E-state index contributed by atoms with van der Waals surface area (Å²) >= 11 is 0. The van der Waals surface area contributed by atoms with Gasteiger partial charge in [-0.3, -0.25) is 0 Å². The number of amides is 2. The predicted molar refractivity (Wildman–Crippen MR) is 124 cm³/mol. The molecule has 1 N–H and O–H groups in total. The molecule has 5 rings (SSSR count). The Morgan fingerprint density at radius 1 is 1.13 bits per heavy atom. The number of hydrogen-bond donors (Lipinski definition) is 1. The number of piperidine rings is 1. The average molecular weight is 412 g/mol. The van der Waals surface area contributed by atoms with E-state index in [0.717, 1.165) is 24.2 Å². The maximum atomic E-state index is 12.3. The fourth-order valence-electron chi connectivity index (χ4n) is 7.23. The second-order valence-corrected chi connectivity index (χ2v) is 10.9. The van der Waals surface area contributed by atoms with Crippen LogP contribution in [0.2, 0.25) is 0 Å². The summed E-state index contributed by atoms with van der Waals surface area (Å²) in [4.78, 5) is 16.7. The Hall–Kier alpha value is -1.55. The predicted octanol–water partition coefficient (Wildman–Crippen LogP) is 5.20. The molecule has 2 amide bonds. The van der Waals surface area contributed by atoms with Gasteiger partial charge in [0.1, 0.15) is 0 Å². The van der Waals surface area contributed by atoms with Gasteiger partial charge in [-0.2, -0.15) is 0 Å². The molecular formula is C26H41N3O. The number of urea groups is 1. The van der Waals surface area contributed by atoms with Gasteiger partial charge in [-0.05, 0) is 105 Å². The Morgan fingerprint density at radius 3 is 2.63 bits per heavy atom. The molecule has 0 radical (unpaired) electrons. The summed E-state index contributed by atoms with van der Waals surface area (Å²) < 4.78 is 0. The molecule has 1 spiro atoms. The standard InChI is InChI=1S/C26H39N3O.H2/c1-28(2)25(30)27-24-9-11-26(23-6-4-3-5-22(23)24)12-15-29(16-13-26)14-10-21-18-19-7-8-20(21)17-19;/h3-6,19-21,24H,7-18H2,1-2H3,(H,27,30);1H. The van der Waals surface area contributed by atoms with Gasteiger partial charge in [-0.1, -0.05) is 30.7 Å². The number of likely N-dealkylation sites (tertiary alicyclic amines) is 1. The fourth-order valence-corrected chi connectivity index (χ4v) is 7.23. The highest BCUT2D eigenvalue weighted by molar-refractivity contribution is 5.74. The van der Waals surface area contributed by atoms with Crippen LogP contribution >= 0.6 is 0 Å². The Kier molecular flexibility index (Phi) is 5.55. The second-order valence-electron chi connectivity index (χ2n) is 10.9. The summed E-state index contributed by atoms with van der Waals surface area (Å²) in [6.07, 6.45) is 12.3. The number of nitrogens with one attached hydrogen (secondary N) is 1. The summed E-state index contributed by atoms with van der Waals surface area (Å²) in [7, 11) is 3.63. The number of fused-ring (bicyclic) bond motifs is 4. The molecular weight excluding hydrogens is 370 g/mol. The first-order valence-electron chi connectivity index (χ1n) is 12.3. The van der Waals surface area contributed by atoms with Crippen LogP contribution in [0.4, 0.5) is 4.79 Å². The van der Waals surface area contributed by atoms with E-state index in [0.29, 0.717) is 5.41 Å². The first kappa shape index (κ1) is 20.4. The maximum absolute atomic E-state index is 12.3. The Bertz CT molecular complexity index is 774. The first-order valence-corrected chi connectivity index (χ1v) is 12.3. The molecule has 2 bridgehead atoms. The molecule has 4 unspecified atom stereocenters.